The minimum Gasteiger partial charge on any atom is -0.371 e. The minimum absolute atomic E-state index is 0. The molecule has 0 aliphatic rings. The molecule has 0 heterocycles. The number of thiocarbonyl (C=S) groups is 1. The summed E-state index contributed by atoms with van der Waals surface area (Å²) in [4.78, 5) is 0. The van der Waals surface area contributed by atoms with E-state index in [9.17, 15) is 0 Å². The smallest absolute Gasteiger partial charge is 0.133 e. The minimum atomic E-state index is 0. The van der Waals surface area contributed by atoms with Gasteiger partial charge in [-0.15, -0.1) is 0 Å². The molecule has 0 saturated carbocycles. The van der Waals surface area contributed by atoms with E-state index in [4.69, 9.17) is 12.2 Å². The maximum Gasteiger partial charge on any atom is 0.133 e. The fourth-order valence-electron chi connectivity index (χ4n) is 0.326. The molecule has 0 radical (unpaired) electrons. The Balaban J connectivity index is 0. The Labute approximate surface area is 100 Å². The molecule has 52 valence electrons. The Morgan fingerprint density at radius 2 is 2.11 bits per heavy atom. The Hall–Kier alpha value is 1.62. The van der Waals surface area contributed by atoms with Gasteiger partial charge in [0.15, 0.2) is 0 Å². The van der Waals surface area contributed by atoms with Crippen molar-refractivity contribution in [3.63, 3.8) is 0 Å². The van der Waals surface area contributed by atoms with Gasteiger partial charge in [-0.1, -0.05) is 30.9 Å². The Bertz CT molecular complexity index is 69.4. The quantitative estimate of drug-likeness (QED) is 0.776. The third-order valence-corrected chi connectivity index (χ3v) is 1.79. The Morgan fingerprint density at radius 3 is 2.44 bits per heavy atom. The summed E-state index contributed by atoms with van der Waals surface area (Å²) in [6.07, 6.45) is 0. The first kappa shape index (κ1) is 13.2. The Morgan fingerprint density at radius 1 is 1.56 bits per heavy atom. The van der Waals surface area contributed by atoms with E-state index in [0.717, 1.165) is 16.6 Å². The van der Waals surface area contributed by atoms with Gasteiger partial charge in [-0.05, 0) is 12.7 Å². The number of hydrogen-bond acceptors (Lipinski definition) is 2. The second-order valence-corrected chi connectivity index (χ2v) is 3.19. The van der Waals surface area contributed by atoms with Crippen molar-refractivity contribution < 1.29 is 41.7 Å². The molecule has 0 aromatic rings. The van der Waals surface area contributed by atoms with Crippen LogP contribution in [-0.2, 0) is 0 Å². The molecule has 0 rings (SSSR count). The summed E-state index contributed by atoms with van der Waals surface area (Å²) >= 11 is 6.58. The van der Waals surface area contributed by atoms with Crippen molar-refractivity contribution in [3.05, 3.63) is 0 Å². The van der Waals surface area contributed by atoms with Crippen LogP contribution in [0.4, 0.5) is 0 Å². The monoisotopic (exact) mass is 289 g/mol. The van der Waals surface area contributed by atoms with Crippen LogP contribution < -0.4 is 5.32 Å². The van der Waals surface area contributed by atoms with Crippen molar-refractivity contribution in [3.8, 4) is 0 Å². The van der Waals surface area contributed by atoms with E-state index >= 15 is 0 Å². The molecule has 0 aromatic heterocycles. The van der Waals surface area contributed by atoms with Crippen LogP contribution in [0.1, 0.15) is 13.8 Å². The molecule has 0 fully saturated rings. The van der Waals surface area contributed by atoms with Crippen LogP contribution in [0.2, 0.25) is 0 Å². The van der Waals surface area contributed by atoms with Gasteiger partial charge in [0.2, 0.25) is 0 Å². The van der Waals surface area contributed by atoms with Crippen LogP contribution in [0, 0.1) is 41.7 Å². The van der Waals surface area contributed by atoms with E-state index in [1.165, 1.54) is 0 Å². The van der Waals surface area contributed by atoms with Crippen molar-refractivity contribution in [2.24, 2.45) is 0 Å². The van der Waals surface area contributed by atoms with Gasteiger partial charge in [0, 0.05) is 48.3 Å². The molecule has 0 saturated heterocycles. The molecule has 1 N–H and O–H groups in total. The van der Waals surface area contributed by atoms with Crippen molar-refractivity contribution >= 4 is 28.3 Å². The number of nitrogens with one attached hydrogen (secondary N) is 1. The van der Waals surface area contributed by atoms with Gasteiger partial charge >= 0.3 is 0 Å². The van der Waals surface area contributed by atoms with Crippen LogP contribution in [0.5, 0.6) is 0 Å². The molecule has 0 aliphatic heterocycles. The van der Waals surface area contributed by atoms with E-state index in [-0.39, 0.29) is 41.7 Å². The summed E-state index contributed by atoms with van der Waals surface area (Å²) in [6, 6.07) is 0. The summed E-state index contributed by atoms with van der Waals surface area (Å²) in [5, 5.41) is 3.04. The molecule has 0 unspecified atom stereocenters. The van der Waals surface area contributed by atoms with Crippen molar-refractivity contribution in [1.82, 2.24) is 5.32 Å². The van der Waals surface area contributed by atoms with E-state index < -0.39 is 0 Å². The first-order chi connectivity index (χ1) is 3.81. The van der Waals surface area contributed by atoms with Gasteiger partial charge in [0.25, 0.3) is 0 Å². The molecule has 4 heteroatoms. The summed E-state index contributed by atoms with van der Waals surface area (Å²) in [6.45, 7) is 5.07. The van der Waals surface area contributed by atoms with Gasteiger partial charge < -0.3 is 5.32 Å². The molecule has 0 spiro atoms. The predicted octanol–water partition coefficient (Wildman–Crippen LogP) is 1.63. The molecule has 0 aromatic carbocycles. The molecular formula is C5H11CeNS2. The molecule has 0 bridgehead atoms. The Kier molecular flexibility index (Phi) is 14.1. The summed E-state index contributed by atoms with van der Waals surface area (Å²) in [7, 11) is 0. The second-order valence-electron chi connectivity index (χ2n) is 1.25. The number of hydrogen-bond donors (Lipinski definition) is 1. The average Bonchev–Trinajstić information content (AvgIpc) is 1.68. The largest absolute Gasteiger partial charge is 0.371 e. The number of rotatable bonds is 2. The van der Waals surface area contributed by atoms with Crippen molar-refractivity contribution in [2.75, 3.05) is 12.3 Å². The van der Waals surface area contributed by atoms with Crippen LogP contribution in [0.25, 0.3) is 0 Å². The van der Waals surface area contributed by atoms with Crippen LogP contribution >= 0.6 is 24.0 Å². The zero-order valence-electron chi connectivity index (χ0n) is 5.73. The normalized spacial score (nSPS) is 7.78. The predicted molar refractivity (Wildman–Crippen MR) is 44.4 cm³/mol. The molecule has 9 heavy (non-hydrogen) atoms. The third kappa shape index (κ3) is 9.62. The summed E-state index contributed by atoms with van der Waals surface area (Å²) in [5.74, 6) is 1.06. The average molecular weight is 289 g/mol. The molecule has 0 atom stereocenters. The van der Waals surface area contributed by atoms with E-state index in [1.54, 1.807) is 11.8 Å². The first-order valence-electron chi connectivity index (χ1n) is 2.71. The topological polar surface area (TPSA) is 12.0 Å². The van der Waals surface area contributed by atoms with Gasteiger partial charge in [0.1, 0.15) is 4.32 Å². The van der Waals surface area contributed by atoms with Crippen molar-refractivity contribution in [1.29, 1.82) is 0 Å². The van der Waals surface area contributed by atoms with Gasteiger partial charge in [-0.2, -0.15) is 0 Å². The standard InChI is InChI=1S/C5H11NS2.Ce/c1-3-6-5(7)8-4-2;/h3-4H2,1-2H3,(H,6,7);. The summed E-state index contributed by atoms with van der Waals surface area (Å²) < 4.78 is 0.912. The van der Waals surface area contributed by atoms with Crippen molar-refractivity contribution in [2.45, 2.75) is 13.8 Å². The van der Waals surface area contributed by atoms with E-state index in [1.807, 2.05) is 6.92 Å². The molecule has 1 nitrogen and oxygen atoms in total. The van der Waals surface area contributed by atoms with Crippen LogP contribution in [0.3, 0.4) is 0 Å². The third-order valence-electron chi connectivity index (χ3n) is 0.597. The number of thioether (sulfide) groups is 1. The first-order valence-corrected chi connectivity index (χ1v) is 4.11. The fourth-order valence-corrected chi connectivity index (χ4v) is 1.33. The van der Waals surface area contributed by atoms with E-state index in [0.29, 0.717) is 0 Å². The van der Waals surface area contributed by atoms with Gasteiger partial charge in [0.05, 0.1) is 0 Å². The fraction of sp³-hybridized carbons (Fsp3) is 0.800. The van der Waals surface area contributed by atoms with Gasteiger partial charge in [-0.25, -0.2) is 0 Å². The summed E-state index contributed by atoms with van der Waals surface area (Å²) in [5.41, 5.74) is 0. The molecule has 0 aliphatic carbocycles. The SMILES string of the molecule is CCNC(=S)SCC.[Ce]. The van der Waals surface area contributed by atoms with E-state index in [2.05, 4.69) is 12.2 Å². The zero-order chi connectivity index (χ0) is 6.41. The van der Waals surface area contributed by atoms with Gasteiger partial charge in [-0.3, -0.25) is 0 Å². The zero-order valence-corrected chi connectivity index (χ0v) is 10.5. The molecular weight excluding hydrogens is 278 g/mol. The van der Waals surface area contributed by atoms with Crippen LogP contribution in [0.15, 0.2) is 0 Å². The second kappa shape index (κ2) is 9.62. The maximum atomic E-state index is 4.90. The maximum absolute atomic E-state index is 4.90. The van der Waals surface area contributed by atoms with Crippen LogP contribution in [-0.4, -0.2) is 16.6 Å². The molecule has 0 amide bonds.